The molecule has 1 aliphatic heterocycles. The van der Waals surface area contributed by atoms with Crippen LogP contribution in [0.2, 0.25) is 0 Å². The lowest BCUT2D eigenvalue weighted by atomic mass is 9.84. The van der Waals surface area contributed by atoms with Crippen molar-refractivity contribution in [3.05, 3.63) is 30.1 Å². The van der Waals surface area contributed by atoms with Crippen LogP contribution in [0.15, 0.2) is 24.5 Å². The van der Waals surface area contributed by atoms with Crippen LogP contribution in [0.4, 0.5) is 0 Å². The summed E-state index contributed by atoms with van der Waals surface area (Å²) < 4.78 is 0. The van der Waals surface area contributed by atoms with Gasteiger partial charge in [-0.25, -0.2) is 0 Å². The molecular weight excluding hydrogens is 252 g/mol. The zero-order valence-corrected chi connectivity index (χ0v) is 12.4. The highest BCUT2D eigenvalue weighted by Gasteiger charge is 2.39. The Morgan fingerprint density at radius 2 is 2.20 bits per heavy atom. The van der Waals surface area contributed by atoms with Gasteiger partial charge in [0, 0.05) is 24.4 Å². The molecule has 2 heterocycles. The third kappa shape index (κ3) is 2.74. The summed E-state index contributed by atoms with van der Waals surface area (Å²) in [6.07, 6.45) is 6.01. The number of aromatic nitrogens is 1. The molecule has 1 unspecified atom stereocenters. The minimum atomic E-state index is -0.584. The molecule has 0 bridgehead atoms. The van der Waals surface area contributed by atoms with E-state index in [4.69, 9.17) is 0 Å². The van der Waals surface area contributed by atoms with Crippen LogP contribution in [0.1, 0.15) is 51.6 Å². The Balaban J connectivity index is 2.19. The third-order valence-corrected chi connectivity index (χ3v) is 4.28. The molecule has 1 saturated heterocycles. The largest absolute Gasteiger partial charge is 0.329 e. The highest BCUT2D eigenvalue weighted by Crippen LogP contribution is 2.33. The van der Waals surface area contributed by atoms with Crippen molar-refractivity contribution < 1.29 is 9.59 Å². The van der Waals surface area contributed by atoms with E-state index in [-0.39, 0.29) is 17.7 Å². The van der Waals surface area contributed by atoms with E-state index in [1.54, 1.807) is 17.3 Å². The van der Waals surface area contributed by atoms with E-state index < -0.39 is 5.41 Å². The van der Waals surface area contributed by atoms with Gasteiger partial charge < -0.3 is 4.90 Å². The Kier molecular flexibility index (Phi) is 4.21. The molecule has 0 spiro atoms. The minimum Gasteiger partial charge on any atom is -0.329 e. The van der Waals surface area contributed by atoms with Gasteiger partial charge in [-0.1, -0.05) is 26.8 Å². The number of carbonyl (C=O) groups is 2. The third-order valence-electron chi connectivity index (χ3n) is 4.28. The maximum atomic E-state index is 12.5. The molecule has 0 N–H and O–H groups in total. The smallest absolute Gasteiger partial charge is 0.291 e. The second kappa shape index (κ2) is 5.73. The highest BCUT2D eigenvalue weighted by atomic mass is 16.2. The van der Waals surface area contributed by atoms with E-state index in [1.165, 1.54) is 0 Å². The van der Waals surface area contributed by atoms with Crippen LogP contribution in [-0.4, -0.2) is 28.1 Å². The predicted octanol–water partition coefficient (Wildman–Crippen LogP) is 2.75. The van der Waals surface area contributed by atoms with Gasteiger partial charge in [0.1, 0.15) is 0 Å². The van der Waals surface area contributed by atoms with Crippen LogP contribution in [0.5, 0.6) is 0 Å². The van der Waals surface area contributed by atoms with Crippen molar-refractivity contribution in [2.75, 3.05) is 6.54 Å². The molecule has 1 amide bonds. The fourth-order valence-electron chi connectivity index (χ4n) is 2.51. The summed E-state index contributed by atoms with van der Waals surface area (Å²) in [5.41, 5.74) is 0.430. The van der Waals surface area contributed by atoms with Gasteiger partial charge in [0.2, 0.25) is 5.78 Å². The number of Topliss-reactive ketones (excluding diaryl/α,β-unsaturated/α-hetero) is 1. The molecule has 0 aromatic carbocycles. The second-order valence-corrected chi connectivity index (χ2v) is 6.01. The topological polar surface area (TPSA) is 50.3 Å². The number of rotatable bonds is 4. The van der Waals surface area contributed by atoms with Crippen LogP contribution in [0.25, 0.3) is 0 Å². The minimum absolute atomic E-state index is 0.00666. The maximum Gasteiger partial charge on any atom is 0.291 e. The Bertz CT molecular complexity index is 496. The molecule has 1 fully saturated rings. The molecule has 4 heteroatoms. The number of carbonyl (C=O) groups excluding carboxylic acids is 2. The summed E-state index contributed by atoms with van der Waals surface area (Å²) in [5.74, 6) is -0.626. The van der Waals surface area contributed by atoms with E-state index >= 15 is 0 Å². The lowest BCUT2D eigenvalue weighted by molar-refractivity contribution is -0.149. The molecule has 1 aliphatic rings. The Hall–Kier alpha value is -1.71. The predicted molar refractivity (Wildman–Crippen MR) is 77.0 cm³/mol. The van der Waals surface area contributed by atoms with Crippen molar-refractivity contribution in [1.82, 2.24) is 9.88 Å². The second-order valence-electron chi connectivity index (χ2n) is 6.01. The van der Waals surface area contributed by atoms with Gasteiger partial charge >= 0.3 is 0 Å². The lowest BCUT2D eigenvalue weighted by Crippen LogP contribution is -2.42. The quantitative estimate of drug-likeness (QED) is 0.793. The zero-order valence-electron chi connectivity index (χ0n) is 12.4. The van der Waals surface area contributed by atoms with Crippen molar-refractivity contribution in [2.24, 2.45) is 5.41 Å². The van der Waals surface area contributed by atoms with Crippen LogP contribution in [0, 0.1) is 5.41 Å². The number of hydrogen-bond donors (Lipinski definition) is 0. The van der Waals surface area contributed by atoms with Crippen molar-refractivity contribution in [3.63, 3.8) is 0 Å². The average Bonchev–Trinajstić information content (AvgIpc) is 2.96. The van der Waals surface area contributed by atoms with Crippen molar-refractivity contribution in [3.8, 4) is 0 Å². The first-order chi connectivity index (χ1) is 9.47. The number of pyridine rings is 1. The molecule has 2 rings (SSSR count). The van der Waals surface area contributed by atoms with Gasteiger partial charge in [0.05, 0.1) is 6.04 Å². The summed E-state index contributed by atoms with van der Waals surface area (Å²) in [7, 11) is 0. The molecule has 108 valence electrons. The molecule has 1 aromatic heterocycles. The van der Waals surface area contributed by atoms with Crippen molar-refractivity contribution in [1.29, 1.82) is 0 Å². The van der Waals surface area contributed by atoms with Gasteiger partial charge in [0.25, 0.3) is 5.91 Å². The SMILES string of the molecule is CCC(C)(C)C(=O)C(=O)N1CCCC1c1cccnc1. The van der Waals surface area contributed by atoms with E-state index in [0.29, 0.717) is 13.0 Å². The first-order valence-electron chi connectivity index (χ1n) is 7.22. The van der Waals surface area contributed by atoms with Gasteiger partial charge in [-0.15, -0.1) is 0 Å². The molecule has 20 heavy (non-hydrogen) atoms. The maximum absolute atomic E-state index is 12.5. The zero-order chi connectivity index (χ0) is 14.8. The number of ketones is 1. The summed E-state index contributed by atoms with van der Waals surface area (Å²) in [6.45, 7) is 6.27. The van der Waals surface area contributed by atoms with Crippen molar-refractivity contribution in [2.45, 2.75) is 46.1 Å². The van der Waals surface area contributed by atoms with Crippen LogP contribution >= 0.6 is 0 Å². The van der Waals surface area contributed by atoms with Crippen molar-refractivity contribution >= 4 is 11.7 Å². The Labute approximate surface area is 120 Å². The molecule has 1 aromatic rings. The van der Waals surface area contributed by atoms with Gasteiger partial charge in [-0.3, -0.25) is 14.6 Å². The summed E-state index contributed by atoms with van der Waals surface area (Å²) in [4.78, 5) is 30.7. The lowest BCUT2D eigenvalue weighted by Gasteiger charge is -2.28. The van der Waals surface area contributed by atoms with E-state index in [9.17, 15) is 9.59 Å². The molecular formula is C16H22N2O2. The number of likely N-dealkylation sites (tertiary alicyclic amines) is 1. The first kappa shape index (κ1) is 14.7. The van der Waals surface area contributed by atoms with Crippen LogP contribution < -0.4 is 0 Å². The highest BCUT2D eigenvalue weighted by molar-refractivity contribution is 6.38. The molecule has 0 saturated carbocycles. The number of hydrogen-bond acceptors (Lipinski definition) is 3. The van der Waals surface area contributed by atoms with Gasteiger partial charge in [-0.2, -0.15) is 0 Å². The summed E-state index contributed by atoms with van der Waals surface area (Å²) >= 11 is 0. The molecule has 4 nitrogen and oxygen atoms in total. The monoisotopic (exact) mass is 274 g/mol. The average molecular weight is 274 g/mol. The molecule has 0 radical (unpaired) electrons. The van der Waals surface area contributed by atoms with Crippen LogP contribution in [0.3, 0.4) is 0 Å². The van der Waals surface area contributed by atoms with Gasteiger partial charge in [-0.05, 0) is 30.9 Å². The summed E-state index contributed by atoms with van der Waals surface area (Å²) in [6, 6.07) is 3.83. The number of nitrogens with zero attached hydrogens (tertiary/aromatic N) is 2. The molecule has 1 atom stereocenters. The van der Waals surface area contributed by atoms with Crippen LogP contribution in [-0.2, 0) is 9.59 Å². The fraction of sp³-hybridized carbons (Fsp3) is 0.562. The van der Waals surface area contributed by atoms with Gasteiger partial charge in [0.15, 0.2) is 0 Å². The van der Waals surface area contributed by atoms with E-state index in [2.05, 4.69) is 4.98 Å². The standard InChI is InChI=1S/C16H22N2O2/c1-4-16(2,3)14(19)15(20)18-10-6-8-13(18)12-7-5-9-17-11-12/h5,7,9,11,13H,4,6,8,10H2,1-3H3. The first-order valence-corrected chi connectivity index (χ1v) is 7.22. The Morgan fingerprint density at radius 1 is 1.45 bits per heavy atom. The van der Waals surface area contributed by atoms with E-state index in [1.807, 2.05) is 32.9 Å². The summed E-state index contributed by atoms with van der Waals surface area (Å²) in [5, 5.41) is 0. The van der Waals surface area contributed by atoms with E-state index in [0.717, 1.165) is 18.4 Å². The molecule has 0 aliphatic carbocycles. The number of amides is 1. The Morgan fingerprint density at radius 3 is 2.80 bits per heavy atom. The normalized spacial score (nSPS) is 19.1. The fourth-order valence-corrected chi connectivity index (χ4v) is 2.51.